The third-order valence-electron chi connectivity index (χ3n) is 14.4. The first-order valence-electron chi connectivity index (χ1n) is 23.4. The molecule has 13 heteroatoms. The van der Waals surface area contributed by atoms with Gasteiger partial charge in [0.1, 0.15) is 30.1 Å². The average molecular weight is 884 g/mol. The van der Waals surface area contributed by atoms with Gasteiger partial charge in [0.05, 0.1) is 12.2 Å². The second-order valence-electron chi connectivity index (χ2n) is 19.1. The van der Waals surface area contributed by atoms with Crippen molar-refractivity contribution in [3.8, 4) is 0 Å². The summed E-state index contributed by atoms with van der Waals surface area (Å²) < 4.78 is 23.7. The zero-order valence-corrected chi connectivity index (χ0v) is 39.3. The third kappa shape index (κ3) is 13.2. The number of allylic oxidation sites excluding steroid dienone is 7. The van der Waals surface area contributed by atoms with Crippen LogP contribution in [0.3, 0.4) is 0 Å². The molecule has 5 rings (SSSR count). The number of piperidine rings is 1. The molecule has 354 valence electrons. The van der Waals surface area contributed by atoms with Gasteiger partial charge in [0.25, 0.3) is 11.7 Å². The van der Waals surface area contributed by atoms with Gasteiger partial charge < -0.3 is 39.2 Å². The number of ketones is 3. The summed E-state index contributed by atoms with van der Waals surface area (Å²) in [5.74, 6) is -7.48. The topological polar surface area (TPSA) is 186 Å². The summed E-state index contributed by atoms with van der Waals surface area (Å²) in [6.07, 6.45) is 16.3. The van der Waals surface area contributed by atoms with Gasteiger partial charge in [-0.3, -0.25) is 19.2 Å². The Morgan fingerprint density at radius 1 is 0.873 bits per heavy atom. The van der Waals surface area contributed by atoms with Crippen LogP contribution in [0.2, 0.25) is 0 Å². The zero-order chi connectivity index (χ0) is 46.6. The fourth-order valence-corrected chi connectivity index (χ4v) is 10.6. The minimum atomic E-state index is -2.33. The van der Waals surface area contributed by atoms with Gasteiger partial charge >= 0.3 is 5.97 Å². The van der Waals surface area contributed by atoms with Gasteiger partial charge in [-0.25, -0.2) is 4.79 Å². The number of aliphatic hydroxyl groups is 3. The van der Waals surface area contributed by atoms with E-state index in [4.69, 9.17) is 24.1 Å². The highest BCUT2D eigenvalue weighted by molar-refractivity contribution is 6.39. The first kappa shape index (κ1) is 52.3. The fraction of sp³-hybridized carbons (Fsp3) is 0.740. The molecule has 3 saturated heterocycles. The highest BCUT2D eigenvalue weighted by Crippen LogP contribution is 2.45. The molecule has 3 N–H and O–H groups in total. The molecule has 1 amide bonds. The smallest absolute Gasteiger partial charge is 0.329 e. The molecule has 63 heavy (non-hydrogen) atoms. The Morgan fingerprint density at radius 2 is 1.60 bits per heavy atom. The molecule has 4 heterocycles. The molecule has 5 aliphatic rings. The maximum Gasteiger partial charge on any atom is 0.329 e. The van der Waals surface area contributed by atoms with Crippen molar-refractivity contribution in [3.63, 3.8) is 0 Å². The third-order valence-corrected chi connectivity index (χ3v) is 14.4. The Kier molecular flexibility index (Phi) is 20.1. The summed E-state index contributed by atoms with van der Waals surface area (Å²) >= 11 is 0. The molecule has 4 aliphatic heterocycles. The minimum Gasteiger partial charge on any atom is -0.460 e. The molecular formula is C50H77NO12. The van der Waals surface area contributed by atoms with Crippen molar-refractivity contribution in [1.82, 2.24) is 4.90 Å². The van der Waals surface area contributed by atoms with Crippen LogP contribution in [0.5, 0.6) is 0 Å². The number of carbonyl (C=O) groups excluding carboxylic acids is 5. The highest BCUT2D eigenvalue weighted by Gasteiger charge is 2.56. The first-order valence-corrected chi connectivity index (χ1v) is 23.4. The Balaban J connectivity index is 0.00000429. The number of fused-ring (bicyclic) bond motifs is 4. The van der Waals surface area contributed by atoms with Crippen LogP contribution in [0, 0.1) is 41.4 Å². The number of aliphatic hydroxyl groups excluding tert-OH is 2. The molecule has 1 aliphatic carbocycles. The van der Waals surface area contributed by atoms with Gasteiger partial charge in [-0.1, -0.05) is 82.6 Å². The number of ether oxygens (including phenoxy) is 4. The summed E-state index contributed by atoms with van der Waals surface area (Å²) in [6.45, 7) is 11.1. The Hall–Kier alpha value is -3.33. The van der Waals surface area contributed by atoms with Crippen LogP contribution in [-0.2, 0) is 42.9 Å². The standard InChI is InChI=1S/C49H73NO11.CH4O/c1-29-14-10-9-11-15-30(2)24-32(4)43(52)45(59-8)44(53)33(5)25-31(3)40(51)28-41-39(27-35-16-12-17-37(26-35)58-7)38-18-13-23-50(42(38)48(56)60-41)47(55)46(54)49(57)34(6)20-22-36(61-49)21-19-29;1-2/h9-11,14-15,25,30-32,34-39,41-42,44-45,53,57H,12-13,16-24,26-28H2,1-8H3;2H,1H3/b10-9+,15-11+,29-14+,33-25+;/t30-,31-,32?,34?,35?,36-,37?,38-,39?,41+,42?,44?,45+,49?;/m1./s1. The number of esters is 1. The quantitative estimate of drug-likeness (QED) is 0.160. The summed E-state index contributed by atoms with van der Waals surface area (Å²) in [6, 6.07) is -1.04. The van der Waals surface area contributed by atoms with E-state index in [9.17, 15) is 34.2 Å². The van der Waals surface area contributed by atoms with E-state index in [0.29, 0.717) is 56.9 Å². The predicted octanol–water partition coefficient (Wildman–Crippen LogP) is 6.41. The van der Waals surface area contributed by atoms with Crippen LogP contribution in [0.25, 0.3) is 0 Å². The summed E-state index contributed by atoms with van der Waals surface area (Å²) in [7, 11) is 4.12. The molecule has 0 aromatic heterocycles. The Bertz CT molecular complexity index is 1700. The molecule has 14 atom stereocenters. The number of Topliss-reactive ketones (excluding diaryl/α,β-unsaturated/α-hetero) is 3. The van der Waals surface area contributed by atoms with E-state index in [1.807, 2.05) is 51.2 Å². The summed E-state index contributed by atoms with van der Waals surface area (Å²) in [5, 5.41) is 30.3. The Labute approximate surface area is 375 Å². The monoisotopic (exact) mass is 884 g/mol. The molecule has 8 unspecified atom stereocenters. The number of hydrogen-bond donors (Lipinski definition) is 3. The van der Waals surface area contributed by atoms with Crippen molar-refractivity contribution in [2.75, 3.05) is 27.9 Å². The van der Waals surface area contributed by atoms with Crippen molar-refractivity contribution in [2.24, 2.45) is 41.4 Å². The van der Waals surface area contributed by atoms with E-state index in [-0.39, 0.29) is 54.3 Å². The van der Waals surface area contributed by atoms with E-state index in [2.05, 4.69) is 0 Å². The zero-order valence-electron chi connectivity index (χ0n) is 39.3. The highest BCUT2D eigenvalue weighted by atomic mass is 16.6. The fourth-order valence-electron chi connectivity index (χ4n) is 10.6. The molecule has 1 saturated carbocycles. The SMILES string of the molecule is CO.COC1CCCC(CC2[C@H]3CCCN4C(=O)C(=O)C5(O)O[C@H](CC/C(C)=C/C=C/C=C/[C@@H](C)CC(C)C(=O)[C@H](OC)C(O)/C(C)=C/[C@@H](C)C(=O)C[C@@H]2OC(=O)C34)CCC5C)C1. The lowest BCUT2D eigenvalue weighted by Crippen LogP contribution is -2.65. The number of carbonyl (C=O) groups is 5. The van der Waals surface area contributed by atoms with Crippen molar-refractivity contribution in [1.29, 1.82) is 0 Å². The average Bonchev–Trinajstić information content (AvgIpc) is 3.27. The van der Waals surface area contributed by atoms with E-state index in [1.165, 1.54) is 12.0 Å². The molecule has 4 fully saturated rings. The van der Waals surface area contributed by atoms with Crippen molar-refractivity contribution in [3.05, 3.63) is 47.6 Å². The maximum atomic E-state index is 14.3. The minimum absolute atomic E-state index is 0.0663. The molecule has 4 bridgehead atoms. The van der Waals surface area contributed by atoms with Crippen molar-refractivity contribution >= 4 is 29.2 Å². The van der Waals surface area contributed by atoms with Gasteiger partial charge in [-0.15, -0.1) is 0 Å². The summed E-state index contributed by atoms with van der Waals surface area (Å²) in [5.41, 5.74) is 1.51. The predicted molar refractivity (Wildman–Crippen MR) is 239 cm³/mol. The van der Waals surface area contributed by atoms with E-state index in [0.717, 1.165) is 38.4 Å². The van der Waals surface area contributed by atoms with Crippen LogP contribution >= 0.6 is 0 Å². The normalized spacial score (nSPS) is 41.0. The van der Waals surface area contributed by atoms with E-state index < -0.39 is 71.7 Å². The van der Waals surface area contributed by atoms with Crippen LogP contribution in [0.15, 0.2) is 47.6 Å². The number of rotatable bonds is 4. The Morgan fingerprint density at radius 3 is 2.30 bits per heavy atom. The molecule has 0 spiro atoms. The van der Waals surface area contributed by atoms with Crippen LogP contribution < -0.4 is 0 Å². The van der Waals surface area contributed by atoms with Crippen molar-refractivity contribution < 1.29 is 58.2 Å². The van der Waals surface area contributed by atoms with Gasteiger partial charge in [0.15, 0.2) is 5.78 Å². The van der Waals surface area contributed by atoms with Gasteiger partial charge in [-0.05, 0) is 101 Å². The largest absolute Gasteiger partial charge is 0.460 e. The maximum absolute atomic E-state index is 14.3. The van der Waals surface area contributed by atoms with Gasteiger partial charge in [-0.2, -0.15) is 0 Å². The summed E-state index contributed by atoms with van der Waals surface area (Å²) in [4.78, 5) is 71.7. The van der Waals surface area contributed by atoms with Crippen LogP contribution in [0.4, 0.5) is 0 Å². The molecule has 0 aromatic rings. The van der Waals surface area contributed by atoms with Crippen molar-refractivity contribution in [2.45, 2.75) is 167 Å². The molecule has 13 nitrogen and oxygen atoms in total. The molecule has 0 radical (unpaired) electrons. The lowest BCUT2D eigenvalue weighted by molar-refractivity contribution is -0.263. The number of hydrogen-bond acceptors (Lipinski definition) is 12. The van der Waals surface area contributed by atoms with E-state index in [1.54, 1.807) is 34.0 Å². The van der Waals surface area contributed by atoms with Gasteiger partial charge in [0.2, 0.25) is 5.79 Å². The molecular weight excluding hydrogens is 807 g/mol. The van der Waals surface area contributed by atoms with Gasteiger partial charge in [0, 0.05) is 58.0 Å². The lowest BCUT2D eigenvalue weighted by Gasteiger charge is -2.50. The number of methoxy groups -OCH3 is 2. The van der Waals surface area contributed by atoms with Crippen LogP contribution in [-0.4, -0.2) is 120 Å². The lowest BCUT2D eigenvalue weighted by atomic mass is 9.68. The molecule has 0 aromatic carbocycles. The van der Waals surface area contributed by atoms with E-state index >= 15 is 0 Å². The number of nitrogens with zero attached hydrogens (tertiary/aromatic N) is 1. The second kappa shape index (κ2) is 24.3. The van der Waals surface area contributed by atoms with Crippen LogP contribution in [0.1, 0.15) is 125 Å². The first-order chi connectivity index (χ1) is 30.0. The number of amides is 1. The second-order valence-corrected chi connectivity index (χ2v) is 19.1.